The molecule has 1 aliphatic rings. The third kappa shape index (κ3) is 2.22. The van der Waals surface area contributed by atoms with Crippen LogP contribution in [0.2, 0.25) is 0 Å². The predicted molar refractivity (Wildman–Crippen MR) is 86.7 cm³/mol. The summed E-state index contributed by atoms with van der Waals surface area (Å²) in [5.74, 6) is 0.129. The molecule has 0 unspecified atom stereocenters. The van der Waals surface area contributed by atoms with Crippen molar-refractivity contribution in [3.8, 4) is 0 Å². The molecule has 116 valence electrons. The maximum atomic E-state index is 10.7. The van der Waals surface area contributed by atoms with Crippen molar-refractivity contribution in [2.45, 2.75) is 31.7 Å². The van der Waals surface area contributed by atoms with Gasteiger partial charge in [0.25, 0.3) is 0 Å². The molecule has 1 saturated carbocycles. The van der Waals surface area contributed by atoms with Crippen LogP contribution in [0.4, 0.5) is 0 Å². The first-order valence-electron chi connectivity index (χ1n) is 7.54. The molecule has 2 aromatic rings. The second kappa shape index (κ2) is 5.25. The van der Waals surface area contributed by atoms with E-state index in [9.17, 15) is 4.79 Å². The van der Waals surface area contributed by atoms with Crippen molar-refractivity contribution >= 4 is 23.1 Å². The number of aliphatic carboxylic acids is 1. The minimum atomic E-state index is -0.936. The zero-order valence-electron chi connectivity index (χ0n) is 13.2. The Hall–Kier alpha value is -2.14. The number of aryl methyl sites for hydroxylation is 2. The minimum Gasteiger partial charge on any atom is -0.478 e. The van der Waals surface area contributed by atoms with Gasteiger partial charge in [0.05, 0.1) is 16.6 Å². The van der Waals surface area contributed by atoms with E-state index in [-0.39, 0.29) is 5.54 Å². The summed E-state index contributed by atoms with van der Waals surface area (Å²) in [6.07, 6.45) is 6.24. The van der Waals surface area contributed by atoms with Crippen LogP contribution in [0, 0.1) is 6.92 Å². The maximum absolute atomic E-state index is 10.7. The van der Waals surface area contributed by atoms with Gasteiger partial charge in [0.1, 0.15) is 5.82 Å². The van der Waals surface area contributed by atoms with E-state index in [1.807, 2.05) is 33.2 Å². The second-order valence-electron chi connectivity index (χ2n) is 6.05. The minimum absolute atomic E-state index is 0.0151. The molecule has 1 fully saturated rings. The van der Waals surface area contributed by atoms with Gasteiger partial charge in [0.2, 0.25) is 0 Å². The highest BCUT2D eigenvalue weighted by molar-refractivity contribution is 5.88. The molecule has 1 aromatic carbocycles. The normalized spacial score (nSPS) is 17.0. The molecule has 1 heterocycles. The van der Waals surface area contributed by atoms with E-state index < -0.39 is 5.97 Å². The van der Waals surface area contributed by atoms with Gasteiger partial charge in [-0.25, -0.2) is 9.78 Å². The lowest BCUT2D eigenvalue weighted by atomic mass is 9.76. The van der Waals surface area contributed by atoms with Gasteiger partial charge in [0, 0.05) is 13.1 Å². The van der Waals surface area contributed by atoms with Crippen molar-refractivity contribution in [2.75, 3.05) is 7.05 Å². The average molecular weight is 299 g/mol. The second-order valence-corrected chi connectivity index (χ2v) is 6.05. The Morgan fingerprint density at radius 1 is 1.45 bits per heavy atom. The quantitative estimate of drug-likeness (QED) is 0.852. The number of rotatable bonds is 4. The van der Waals surface area contributed by atoms with Crippen molar-refractivity contribution in [1.82, 2.24) is 14.9 Å². The highest BCUT2D eigenvalue weighted by Gasteiger charge is 2.41. The Morgan fingerprint density at radius 2 is 2.18 bits per heavy atom. The number of carboxylic acid groups (broad SMARTS) is 1. The summed E-state index contributed by atoms with van der Waals surface area (Å²) >= 11 is 0. The number of aromatic nitrogens is 2. The molecular formula is C17H21N3O2. The summed E-state index contributed by atoms with van der Waals surface area (Å²) in [4.78, 5) is 15.6. The molecule has 5 nitrogen and oxygen atoms in total. The first-order valence-corrected chi connectivity index (χ1v) is 7.54. The SMILES string of the molecule is CNC1(c2nc3cc(C)c(/C=C/C(=O)O)cc3n2C)CCC1. The molecule has 0 atom stereocenters. The van der Waals surface area contributed by atoms with Crippen LogP contribution in [0.15, 0.2) is 18.2 Å². The first-order chi connectivity index (χ1) is 10.5. The summed E-state index contributed by atoms with van der Waals surface area (Å²) in [5, 5.41) is 12.2. The van der Waals surface area contributed by atoms with E-state index in [2.05, 4.69) is 9.88 Å². The van der Waals surface area contributed by atoms with E-state index >= 15 is 0 Å². The lowest BCUT2D eigenvalue weighted by Crippen LogP contribution is -2.47. The Labute approximate surface area is 129 Å². The molecule has 1 aromatic heterocycles. The van der Waals surface area contributed by atoms with Crippen LogP contribution in [0.5, 0.6) is 0 Å². The van der Waals surface area contributed by atoms with Gasteiger partial charge in [-0.05, 0) is 62.6 Å². The van der Waals surface area contributed by atoms with Crippen LogP contribution in [0.1, 0.15) is 36.2 Å². The number of benzene rings is 1. The fourth-order valence-electron chi connectivity index (χ4n) is 3.24. The predicted octanol–water partition coefficient (Wildman–Crippen LogP) is 2.58. The van der Waals surface area contributed by atoms with Crippen LogP contribution >= 0.6 is 0 Å². The van der Waals surface area contributed by atoms with Crippen LogP contribution < -0.4 is 5.32 Å². The Morgan fingerprint density at radius 3 is 2.73 bits per heavy atom. The lowest BCUT2D eigenvalue weighted by molar-refractivity contribution is -0.131. The van der Waals surface area contributed by atoms with E-state index in [0.717, 1.165) is 40.8 Å². The molecule has 5 heteroatoms. The molecular weight excluding hydrogens is 278 g/mol. The van der Waals surface area contributed by atoms with E-state index in [1.165, 1.54) is 12.5 Å². The van der Waals surface area contributed by atoms with E-state index in [1.54, 1.807) is 6.08 Å². The highest BCUT2D eigenvalue weighted by atomic mass is 16.4. The van der Waals surface area contributed by atoms with Crippen molar-refractivity contribution in [3.05, 3.63) is 35.2 Å². The average Bonchev–Trinajstić information content (AvgIpc) is 2.73. The van der Waals surface area contributed by atoms with Crippen molar-refractivity contribution in [2.24, 2.45) is 7.05 Å². The molecule has 0 amide bonds. The number of fused-ring (bicyclic) bond motifs is 1. The summed E-state index contributed by atoms with van der Waals surface area (Å²) in [7, 11) is 4.02. The molecule has 0 radical (unpaired) electrons. The van der Waals surface area contributed by atoms with Crippen LogP contribution in [0.3, 0.4) is 0 Å². The van der Waals surface area contributed by atoms with Gasteiger partial charge in [-0.3, -0.25) is 0 Å². The maximum Gasteiger partial charge on any atom is 0.328 e. The summed E-state index contributed by atoms with van der Waals surface area (Å²) in [5.41, 5.74) is 3.92. The Bertz CT molecular complexity index is 764. The van der Waals surface area contributed by atoms with Gasteiger partial charge >= 0.3 is 5.97 Å². The number of hydrogen-bond acceptors (Lipinski definition) is 3. The number of carbonyl (C=O) groups is 1. The molecule has 22 heavy (non-hydrogen) atoms. The standard InChI is InChI=1S/C17H21N3O2/c1-11-9-13-14(10-12(11)5-6-15(21)22)20(3)16(19-13)17(18-2)7-4-8-17/h5-6,9-10,18H,4,7-8H2,1-3H3,(H,21,22)/b6-5+. The number of nitrogens with zero attached hydrogens (tertiary/aromatic N) is 2. The summed E-state index contributed by atoms with van der Waals surface area (Å²) in [6, 6.07) is 4.05. The number of carboxylic acids is 1. The molecule has 0 spiro atoms. The van der Waals surface area contributed by atoms with Gasteiger partial charge in [-0.1, -0.05) is 0 Å². The van der Waals surface area contributed by atoms with Gasteiger partial charge < -0.3 is 15.0 Å². The van der Waals surface area contributed by atoms with Crippen molar-refractivity contribution in [1.29, 1.82) is 0 Å². The third-order valence-corrected chi connectivity index (χ3v) is 4.79. The zero-order chi connectivity index (χ0) is 15.9. The lowest BCUT2D eigenvalue weighted by Gasteiger charge is -2.40. The monoisotopic (exact) mass is 299 g/mol. The van der Waals surface area contributed by atoms with Crippen molar-refractivity contribution < 1.29 is 9.90 Å². The Kier molecular flexibility index (Phi) is 3.53. The summed E-state index contributed by atoms with van der Waals surface area (Å²) in [6.45, 7) is 1.98. The van der Waals surface area contributed by atoms with Crippen LogP contribution in [-0.4, -0.2) is 27.7 Å². The topological polar surface area (TPSA) is 67.2 Å². The zero-order valence-corrected chi connectivity index (χ0v) is 13.2. The third-order valence-electron chi connectivity index (χ3n) is 4.79. The highest BCUT2D eigenvalue weighted by Crippen LogP contribution is 2.41. The first kappa shape index (κ1) is 14.8. The smallest absolute Gasteiger partial charge is 0.328 e. The van der Waals surface area contributed by atoms with Gasteiger partial charge in [-0.15, -0.1) is 0 Å². The molecule has 3 rings (SSSR count). The molecule has 1 aliphatic carbocycles. The van der Waals surface area contributed by atoms with Gasteiger partial charge in [-0.2, -0.15) is 0 Å². The van der Waals surface area contributed by atoms with E-state index in [4.69, 9.17) is 10.1 Å². The van der Waals surface area contributed by atoms with Crippen LogP contribution in [-0.2, 0) is 17.4 Å². The largest absolute Gasteiger partial charge is 0.478 e. The molecule has 0 bridgehead atoms. The number of imidazole rings is 1. The molecule has 2 N–H and O–H groups in total. The summed E-state index contributed by atoms with van der Waals surface area (Å²) < 4.78 is 2.13. The molecule has 0 aliphatic heterocycles. The number of nitrogens with one attached hydrogen (secondary N) is 1. The molecule has 0 saturated heterocycles. The fraction of sp³-hybridized carbons (Fsp3) is 0.412. The van der Waals surface area contributed by atoms with Crippen LogP contribution in [0.25, 0.3) is 17.1 Å². The fourth-order valence-corrected chi connectivity index (χ4v) is 3.24. The number of hydrogen-bond donors (Lipinski definition) is 2. The van der Waals surface area contributed by atoms with Crippen molar-refractivity contribution in [3.63, 3.8) is 0 Å². The van der Waals surface area contributed by atoms with E-state index in [0.29, 0.717) is 0 Å². The van der Waals surface area contributed by atoms with Gasteiger partial charge in [0.15, 0.2) is 0 Å². The Balaban J connectivity index is 2.13.